The first-order valence-electron chi connectivity index (χ1n) is 9.32. The highest BCUT2D eigenvalue weighted by atomic mass is 127. The van der Waals surface area contributed by atoms with Crippen molar-refractivity contribution < 1.29 is 14.3 Å². The third kappa shape index (κ3) is 5.72. The molecule has 152 valence electrons. The normalized spacial score (nSPS) is 13.3. The number of ether oxygens (including phenoxy) is 1. The summed E-state index contributed by atoms with van der Waals surface area (Å²) in [5, 5.41) is 16.8. The van der Waals surface area contributed by atoms with Gasteiger partial charge in [-0.15, -0.1) is 0 Å². The number of carbonyl (C=O) groups excluding carboxylic acids is 1. The van der Waals surface area contributed by atoms with Crippen LogP contribution in [0.5, 0.6) is 0 Å². The molecule has 1 unspecified atom stereocenters. The van der Waals surface area contributed by atoms with Crippen molar-refractivity contribution in [3.05, 3.63) is 74.6 Å². The van der Waals surface area contributed by atoms with Crippen LogP contribution in [0.25, 0.3) is 10.9 Å². The van der Waals surface area contributed by atoms with Gasteiger partial charge in [-0.05, 0) is 67.6 Å². The number of nitrogens with one attached hydrogen (secondary N) is 2. The molecule has 0 aliphatic carbocycles. The molecule has 0 aliphatic heterocycles. The quantitative estimate of drug-likeness (QED) is 0.169. The number of H-pyrrole nitrogens is 1. The standard InChI is InChI=1S/C22H24IN3O3/c1-22(2,3)29-21(27)25-13-20(26(28)14-15-7-5-4-6-8-15)18-12-24-19-11-16(23)9-10-17(18)19/h4-12,14,20,24H,13H2,1-3H3,(H,25,27). The van der Waals surface area contributed by atoms with Crippen molar-refractivity contribution in [2.24, 2.45) is 0 Å². The lowest BCUT2D eigenvalue weighted by Crippen LogP contribution is -2.36. The van der Waals surface area contributed by atoms with E-state index in [9.17, 15) is 10.0 Å². The van der Waals surface area contributed by atoms with Crippen LogP contribution in [0.1, 0.15) is 37.9 Å². The second-order valence-electron chi connectivity index (χ2n) is 7.73. The van der Waals surface area contributed by atoms with Crippen molar-refractivity contribution in [1.82, 2.24) is 10.3 Å². The lowest BCUT2D eigenvalue weighted by molar-refractivity contribution is -0.500. The predicted molar refractivity (Wildman–Crippen MR) is 123 cm³/mol. The van der Waals surface area contributed by atoms with Crippen molar-refractivity contribution >= 4 is 45.8 Å². The lowest BCUT2D eigenvalue weighted by Gasteiger charge is -2.21. The molecule has 3 aromatic rings. The van der Waals surface area contributed by atoms with Gasteiger partial charge in [-0.2, -0.15) is 0 Å². The first kappa shape index (κ1) is 21.2. The largest absolute Gasteiger partial charge is 0.623 e. The van der Waals surface area contributed by atoms with Gasteiger partial charge in [-0.3, -0.25) is 0 Å². The number of fused-ring (bicyclic) bond motifs is 1. The maximum Gasteiger partial charge on any atom is 0.407 e. The third-order valence-corrected chi connectivity index (χ3v) is 4.93. The van der Waals surface area contributed by atoms with Crippen LogP contribution in [0.15, 0.2) is 54.7 Å². The van der Waals surface area contributed by atoms with Gasteiger partial charge in [-0.25, -0.2) is 9.53 Å². The molecule has 2 aromatic carbocycles. The Hall–Kier alpha value is -2.55. The van der Waals surface area contributed by atoms with E-state index in [2.05, 4.69) is 32.9 Å². The van der Waals surface area contributed by atoms with Gasteiger partial charge in [0, 0.05) is 31.8 Å². The number of halogens is 1. The smallest absolute Gasteiger partial charge is 0.407 e. The highest BCUT2D eigenvalue weighted by Crippen LogP contribution is 2.27. The SMILES string of the molecule is CC(C)(C)OC(=O)NCC(c1c[nH]c2cc(I)ccc12)[N+]([O-])=Cc1ccccc1. The molecule has 0 radical (unpaired) electrons. The first-order chi connectivity index (χ1) is 13.7. The number of aromatic nitrogens is 1. The Morgan fingerprint density at radius 3 is 2.69 bits per heavy atom. The molecular weight excluding hydrogens is 481 g/mol. The molecule has 6 nitrogen and oxygen atoms in total. The highest BCUT2D eigenvalue weighted by molar-refractivity contribution is 14.1. The summed E-state index contributed by atoms with van der Waals surface area (Å²) in [6, 6.07) is 14.8. The van der Waals surface area contributed by atoms with Gasteiger partial charge in [-0.1, -0.05) is 24.3 Å². The maximum absolute atomic E-state index is 13.1. The van der Waals surface area contributed by atoms with Crippen LogP contribution in [-0.4, -0.2) is 34.2 Å². The molecule has 1 amide bonds. The Kier molecular flexibility index (Phi) is 6.46. The second-order valence-corrected chi connectivity index (χ2v) is 8.98. The number of hydrogen-bond donors (Lipinski definition) is 2. The Bertz CT molecular complexity index is 1020. The molecule has 0 spiro atoms. The van der Waals surface area contributed by atoms with Crippen molar-refractivity contribution in [2.75, 3.05) is 6.54 Å². The second kappa shape index (κ2) is 8.86. The Morgan fingerprint density at radius 2 is 2.00 bits per heavy atom. The van der Waals surface area contributed by atoms with Gasteiger partial charge >= 0.3 is 6.09 Å². The van der Waals surface area contributed by atoms with Gasteiger partial charge in [0.2, 0.25) is 6.04 Å². The van der Waals surface area contributed by atoms with Crippen molar-refractivity contribution in [2.45, 2.75) is 32.4 Å². The van der Waals surface area contributed by atoms with E-state index in [1.807, 2.05) is 54.7 Å². The van der Waals surface area contributed by atoms with Crippen LogP contribution in [0, 0.1) is 8.78 Å². The number of benzene rings is 2. The molecule has 1 aromatic heterocycles. The summed E-state index contributed by atoms with van der Waals surface area (Å²) in [6.07, 6.45) is 2.81. The Labute approximate surface area is 183 Å². The number of amides is 1. The third-order valence-electron chi connectivity index (χ3n) is 4.26. The number of nitrogens with zero attached hydrogens (tertiary/aromatic N) is 1. The summed E-state index contributed by atoms with van der Waals surface area (Å²) < 4.78 is 7.30. The van der Waals surface area contributed by atoms with E-state index >= 15 is 0 Å². The summed E-state index contributed by atoms with van der Waals surface area (Å²) in [7, 11) is 0. The van der Waals surface area contributed by atoms with E-state index in [0.717, 1.165) is 30.3 Å². The fourth-order valence-electron chi connectivity index (χ4n) is 3.00. The van der Waals surface area contributed by atoms with E-state index in [4.69, 9.17) is 4.74 Å². The summed E-state index contributed by atoms with van der Waals surface area (Å²) in [5.74, 6) is 0. The average Bonchev–Trinajstić information content (AvgIpc) is 3.04. The minimum absolute atomic E-state index is 0.112. The van der Waals surface area contributed by atoms with Gasteiger partial charge in [0.25, 0.3) is 0 Å². The molecule has 0 aliphatic rings. The molecule has 2 N–H and O–H groups in total. The van der Waals surface area contributed by atoms with E-state index in [0.29, 0.717) is 0 Å². The number of hydroxylamine groups is 1. The molecule has 29 heavy (non-hydrogen) atoms. The van der Waals surface area contributed by atoms with Crippen LogP contribution in [-0.2, 0) is 4.74 Å². The molecule has 0 bridgehead atoms. The highest BCUT2D eigenvalue weighted by Gasteiger charge is 2.25. The molecule has 0 saturated carbocycles. The number of alkyl carbamates (subject to hydrolysis) is 1. The van der Waals surface area contributed by atoms with Crippen molar-refractivity contribution in [3.63, 3.8) is 0 Å². The number of aromatic amines is 1. The van der Waals surface area contributed by atoms with Gasteiger partial charge in [0.05, 0.1) is 6.54 Å². The summed E-state index contributed by atoms with van der Waals surface area (Å²) in [4.78, 5) is 15.4. The number of carbonyl (C=O) groups is 1. The number of hydrogen-bond acceptors (Lipinski definition) is 3. The monoisotopic (exact) mass is 505 g/mol. The fourth-order valence-corrected chi connectivity index (χ4v) is 3.49. The van der Waals surface area contributed by atoms with Crippen LogP contribution in [0.2, 0.25) is 0 Å². The van der Waals surface area contributed by atoms with Crippen LogP contribution < -0.4 is 5.32 Å². The molecular formula is C22H24IN3O3. The minimum Gasteiger partial charge on any atom is -0.623 e. The van der Waals surface area contributed by atoms with Crippen LogP contribution >= 0.6 is 22.6 Å². The topological polar surface area (TPSA) is 80.2 Å². The maximum atomic E-state index is 13.1. The van der Waals surface area contributed by atoms with E-state index in [1.54, 1.807) is 20.8 Å². The van der Waals surface area contributed by atoms with Crippen LogP contribution in [0.4, 0.5) is 4.79 Å². The van der Waals surface area contributed by atoms with Crippen molar-refractivity contribution in [1.29, 1.82) is 0 Å². The van der Waals surface area contributed by atoms with E-state index < -0.39 is 17.7 Å². The predicted octanol–water partition coefficient (Wildman–Crippen LogP) is 4.97. The molecule has 0 fully saturated rings. The van der Waals surface area contributed by atoms with Crippen LogP contribution in [0.3, 0.4) is 0 Å². The fraction of sp³-hybridized carbons (Fsp3) is 0.273. The lowest BCUT2D eigenvalue weighted by atomic mass is 10.1. The molecule has 1 atom stereocenters. The van der Waals surface area contributed by atoms with Gasteiger partial charge in [0.15, 0.2) is 6.21 Å². The average molecular weight is 505 g/mol. The zero-order valence-electron chi connectivity index (χ0n) is 16.6. The Balaban J connectivity index is 1.92. The van der Waals surface area contributed by atoms with E-state index in [-0.39, 0.29) is 6.54 Å². The first-order valence-corrected chi connectivity index (χ1v) is 10.4. The van der Waals surface area contributed by atoms with Gasteiger partial charge < -0.3 is 20.2 Å². The zero-order chi connectivity index (χ0) is 21.0. The minimum atomic E-state index is -0.614. The summed E-state index contributed by atoms with van der Waals surface area (Å²) in [6.45, 7) is 5.51. The van der Waals surface area contributed by atoms with Crippen molar-refractivity contribution in [3.8, 4) is 0 Å². The molecule has 7 heteroatoms. The molecule has 3 rings (SSSR count). The summed E-state index contributed by atoms with van der Waals surface area (Å²) in [5.41, 5.74) is 1.95. The zero-order valence-corrected chi connectivity index (χ0v) is 18.8. The van der Waals surface area contributed by atoms with Gasteiger partial charge in [0.1, 0.15) is 5.60 Å². The van der Waals surface area contributed by atoms with E-state index in [1.165, 1.54) is 6.21 Å². The number of rotatable bonds is 5. The Morgan fingerprint density at radius 1 is 1.28 bits per heavy atom. The molecule has 0 saturated heterocycles. The summed E-state index contributed by atoms with van der Waals surface area (Å²) >= 11 is 2.25. The molecule has 1 heterocycles.